The summed E-state index contributed by atoms with van der Waals surface area (Å²) in [4.78, 5) is 0. The number of hydrogen-bond donors (Lipinski definition) is 0. The molecule has 4 nitrogen and oxygen atoms in total. The van der Waals surface area contributed by atoms with Crippen LogP contribution in [0.25, 0.3) is 0 Å². The maximum atomic E-state index is 5.58. The minimum absolute atomic E-state index is 0.0738. The molecule has 0 N–H and O–H groups in total. The van der Waals surface area contributed by atoms with Crippen molar-refractivity contribution < 1.29 is 18.9 Å². The molecular weight excluding hydrogens is 244 g/mol. The van der Waals surface area contributed by atoms with Crippen LogP contribution < -0.4 is 4.74 Å². The predicted octanol–water partition coefficient (Wildman–Crippen LogP) is 2.75. The van der Waals surface area contributed by atoms with Crippen LogP contribution in [0.5, 0.6) is 5.75 Å². The first kappa shape index (κ1) is 14.3. The lowest BCUT2D eigenvalue weighted by Crippen LogP contribution is -2.09. The second-order valence-electron chi connectivity index (χ2n) is 4.94. The molecule has 2 unspecified atom stereocenters. The number of epoxide rings is 1. The first-order valence-corrected chi connectivity index (χ1v) is 6.75. The SMILES string of the molecule is CC(C)OCCOCc1ccc(OC2OC2C)cc1. The standard InChI is InChI=1S/C15H22O4/c1-11(2)17-9-8-16-10-13-4-6-14(7-5-13)19-15-12(3)18-15/h4-7,11-12,15H,8-10H2,1-3H3. The van der Waals surface area contributed by atoms with Crippen LogP contribution in [0.1, 0.15) is 26.3 Å². The Morgan fingerprint density at radius 2 is 1.84 bits per heavy atom. The van der Waals surface area contributed by atoms with E-state index in [-0.39, 0.29) is 18.5 Å². The molecule has 1 aromatic carbocycles. The highest BCUT2D eigenvalue weighted by molar-refractivity contribution is 5.27. The van der Waals surface area contributed by atoms with Crippen LogP contribution in [-0.4, -0.2) is 31.7 Å². The molecule has 1 aliphatic rings. The molecule has 0 aliphatic carbocycles. The summed E-state index contributed by atoms with van der Waals surface area (Å²) in [6.45, 7) is 7.87. The van der Waals surface area contributed by atoms with Crippen LogP contribution in [0.2, 0.25) is 0 Å². The van der Waals surface area contributed by atoms with Crippen LogP contribution >= 0.6 is 0 Å². The van der Waals surface area contributed by atoms with E-state index in [0.29, 0.717) is 19.8 Å². The van der Waals surface area contributed by atoms with Crippen molar-refractivity contribution >= 4 is 0 Å². The summed E-state index contributed by atoms with van der Waals surface area (Å²) in [7, 11) is 0. The topological polar surface area (TPSA) is 40.2 Å². The Kier molecular flexibility index (Phi) is 5.19. The Bertz CT molecular complexity index is 374. The van der Waals surface area contributed by atoms with Crippen LogP contribution in [0.15, 0.2) is 24.3 Å². The van der Waals surface area contributed by atoms with Gasteiger partial charge in [0, 0.05) is 0 Å². The van der Waals surface area contributed by atoms with E-state index in [1.54, 1.807) is 0 Å². The molecule has 2 atom stereocenters. The number of benzene rings is 1. The van der Waals surface area contributed by atoms with Crippen molar-refractivity contribution in [3.8, 4) is 5.75 Å². The molecule has 106 valence electrons. The number of hydrogen-bond acceptors (Lipinski definition) is 4. The molecule has 4 heteroatoms. The second-order valence-corrected chi connectivity index (χ2v) is 4.94. The summed E-state index contributed by atoms with van der Waals surface area (Å²) in [5.74, 6) is 0.834. The Morgan fingerprint density at radius 1 is 1.16 bits per heavy atom. The third-order valence-corrected chi connectivity index (χ3v) is 2.78. The van der Waals surface area contributed by atoms with Gasteiger partial charge in [0.1, 0.15) is 11.9 Å². The fourth-order valence-electron chi connectivity index (χ4n) is 1.62. The van der Waals surface area contributed by atoms with E-state index < -0.39 is 0 Å². The first-order valence-electron chi connectivity index (χ1n) is 6.75. The average molecular weight is 266 g/mol. The molecule has 1 saturated heterocycles. The van der Waals surface area contributed by atoms with Crippen LogP contribution in [0.3, 0.4) is 0 Å². The molecule has 1 aromatic rings. The second kappa shape index (κ2) is 6.89. The van der Waals surface area contributed by atoms with Gasteiger partial charge in [-0.2, -0.15) is 0 Å². The highest BCUT2D eigenvalue weighted by Gasteiger charge is 2.36. The van der Waals surface area contributed by atoms with Crippen molar-refractivity contribution in [2.45, 2.75) is 45.9 Å². The van der Waals surface area contributed by atoms with E-state index >= 15 is 0 Å². The molecule has 0 amide bonds. The molecule has 0 aromatic heterocycles. The first-order chi connectivity index (χ1) is 9.15. The largest absolute Gasteiger partial charge is 0.462 e. The smallest absolute Gasteiger partial charge is 0.226 e. The van der Waals surface area contributed by atoms with Crippen molar-refractivity contribution in [1.82, 2.24) is 0 Å². The number of rotatable bonds is 8. The molecule has 0 bridgehead atoms. The molecule has 1 aliphatic heterocycles. The van der Waals surface area contributed by atoms with Crippen molar-refractivity contribution in [2.24, 2.45) is 0 Å². The van der Waals surface area contributed by atoms with Crippen LogP contribution in [0, 0.1) is 0 Å². The van der Waals surface area contributed by atoms with E-state index in [4.69, 9.17) is 18.9 Å². The van der Waals surface area contributed by atoms with E-state index in [2.05, 4.69) is 0 Å². The van der Waals surface area contributed by atoms with Crippen LogP contribution in [-0.2, 0) is 20.8 Å². The minimum atomic E-state index is -0.0738. The van der Waals surface area contributed by atoms with Crippen LogP contribution in [0.4, 0.5) is 0 Å². The Hall–Kier alpha value is -1.10. The van der Waals surface area contributed by atoms with Crippen molar-refractivity contribution in [2.75, 3.05) is 13.2 Å². The van der Waals surface area contributed by atoms with Gasteiger partial charge in [-0.3, -0.25) is 0 Å². The summed E-state index contributed by atoms with van der Waals surface area (Å²) in [6.07, 6.45) is 0.395. The Balaban J connectivity index is 1.64. The van der Waals surface area contributed by atoms with Gasteiger partial charge in [-0.05, 0) is 38.5 Å². The fraction of sp³-hybridized carbons (Fsp3) is 0.600. The molecule has 0 radical (unpaired) electrons. The molecule has 0 spiro atoms. The third-order valence-electron chi connectivity index (χ3n) is 2.78. The van der Waals surface area contributed by atoms with Gasteiger partial charge in [0.25, 0.3) is 0 Å². The lowest BCUT2D eigenvalue weighted by atomic mass is 10.2. The van der Waals surface area contributed by atoms with E-state index in [9.17, 15) is 0 Å². The predicted molar refractivity (Wildman–Crippen MR) is 72.1 cm³/mol. The minimum Gasteiger partial charge on any atom is -0.462 e. The Labute approximate surface area is 114 Å². The third kappa shape index (κ3) is 5.19. The lowest BCUT2D eigenvalue weighted by molar-refractivity contribution is 0.0143. The normalized spacial score (nSPS) is 21.7. The van der Waals surface area contributed by atoms with Gasteiger partial charge in [0.15, 0.2) is 0 Å². The summed E-state index contributed by atoms with van der Waals surface area (Å²) < 4.78 is 21.7. The van der Waals surface area contributed by atoms with Gasteiger partial charge < -0.3 is 18.9 Å². The zero-order valence-electron chi connectivity index (χ0n) is 11.8. The molecule has 19 heavy (non-hydrogen) atoms. The monoisotopic (exact) mass is 266 g/mol. The highest BCUT2D eigenvalue weighted by Crippen LogP contribution is 2.25. The molecule has 0 saturated carbocycles. The van der Waals surface area contributed by atoms with Gasteiger partial charge in [0.2, 0.25) is 6.29 Å². The van der Waals surface area contributed by atoms with Gasteiger partial charge in [-0.15, -0.1) is 0 Å². The quantitative estimate of drug-likeness (QED) is 0.536. The Morgan fingerprint density at radius 3 is 2.42 bits per heavy atom. The maximum absolute atomic E-state index is 5.58. The van der Waals surface area contributed by atoms with Gasteiger partial charge in [-0.1, -0.05) is 12.1 Å². The van der Waals surface area contributed by atoms with Crippen molar-refractivity contribution in [1.29, 1.82) is 0 Å². The zero-order valence-corrected chi connectivity index (χ0v) is 11.8. The molecule has 1 fully saturated rings. The summed E-state index contributed by atoms with van der Waals surface area (Å²) in [6, 6.07) is 7.90. The summed E-state index contributed by atoms with van der Waals surface area (Å²) in [5.41, 5.74) is 1.13. The zero-order chi connectivity index (χ0) is 13.7. The van der Waals surface area contributed by atoms with Crippen molar-refractivity contribution in [3.05, 3.63) is 29.8 Å². The molecule has 2 rings (SSSR count). The fourth-order valence-corrected chi connectivity index (χ4v) is 1.62. The number of ether oxygens (including phenoxy) is 4. The molecule has 1 heterocycles. The van der Waals surface area contributed by atoms with Gasteiger partial charge in [0.05, 0.1) is 25.9 Å². The van der Waals surface area contributed by atoms with E-state index in [0.717, 1.165) is 11.3 Å². The maximum Gasteiger partial charge on any atom is 0.226 e. The molecular formula is C15H22O4. The van der Waals surface area contributed by atoms with E-state index in [1.165, 1.54) is 0 Å². The van der Waals surface area contributed by atoms with Gasteiger partial charge in [-0.25, -0.2) is 0 Å². The average Bonchev–Trinajstić information content (AvgIpc) is 3.06. The van der Waals surface area contributed by atoms with E-state index in [1.807, 2.05) is 45.0 Å². The van der Waals surface area contributed by atoms with Gasteiger partial charge >= 0.3 is 0 Å². The highest BCUT2D eigenvalue weighted by atomic mass is 16.8. The lowest BCUT2D eigenvalue weighted by Gasteiger charge is -2.08. The van der Waals surface area contributed by atoms with Crippen molar-refractivity contribution in [3.63, 3.8) is 0 Å². The summed E-state index contributed by atoms with van der Waals surface area (Å²) >= 11 is 0. The summed E-state index contributed by atoms with van der Waals surface area (Å²) in [5, 5.41) is 0.